The van der Waals surface area contributed by atoms with Gasteiger partial charge in [-0.05, 0) is 17.7 Å². The number of para-hydroxylation sites is 1. The largest absolute Gasteiger partial charge is 0.414 e. The highest BCUT2D eigenvalue weighted by Crippen LogP contribution is 2.25. The van der Waals surface area contributed by atoms with Gasteiger partial charge >= 0.3 is 11.3 Å². The van der Waals surface area contributed by atoms with Gasteiger partial charge in [0.1, 0.15) is 5.69 Å². The Morgan fingerprint density at radius 1 is 1.12 bits per heavy atom. The highest BCUT2D eigenvalue weighted by atomic mass is 16.6. The molecule has 0 saturated heterocycles. The van der Waals surface area contributed by atoms with E-state index in [2.05, 4.69) is 5.32 Å². The van der Waals surface area contributed by atoms with E-state index in [9.17, 15) is 19.7 Å². The molecule has 0 aliphatic carbocycles. The third-order valence-corrected chi connectivity index (χ3v) is 3.42. The topological polar surface area (TPSA) is 102 Å². The molecule has 124 valence electrons. The summed E-state index contributed by atoms with van der Waals surface area (Å²) in [4.78, 5) is 34.3. The first-order chi connectivity index (χ1) is 12.0. The number of hydrogen-bond acceptors (Lipinski definition) is 5. The van der Waals surface area contributed by atoms with Crippen LogP contribution >= 0.6 is 0 Å². The van der Waals surface area contributed by atoms with E-state index in [0.29, 0.717) is 5.39 Å². The Labute approximate surface area is 141 Å². The van der Waals surface area contributed by atoms with Crippen LogP contribution in [0.25, 0.3) is 17.0 Å². The van der Waals surface area contributed by atoms with Crippen LogP contribution in [0.4, 0.5) is 11.4 Å². The molecule has 0 fully saturated rings. The molecule has 3 aromatic rings. The highest BCUT2D eigenvalue weighted by molar-refractivity contribution is 6.02. The fourth-order valence-electron chi connectivity index (χ4n) is 2.27. The number of benzene rings is 2. The van der Waals surface area contributed by atoms with Crippen LogP contribution in [0.1, 0.15) is 5.56 Å². The Morgan fingerprint density at radius 3 is 2.60 bits per heavy atom. The summed E-state index contributed by atoms with van der Waals surface area (Å²) in [6.45, 7) is 0. The molecule has 1 aromatic heterocycles. The van der Waals surface area contributed by atoms with Gasteiger partial charge in [-0.3, -0.25) is 14.9 Å². The second-order valence-corrected chi connectivity index (χ2v) is 5.13. The molecule has 7 nitrogen and oxygen atoms in total. The number of nitrogens with zero attached hydrogens (tertiary/aromatic N) is 1. The number of carbonyl (C=O) groups excluding carboxylic acids is 1. The molecule has 0 aliphatic rings. The minimum Gasteiger partial charge on any atom is -0.414 e. The first-order valence-corrected chi connectivity index (χ1v) is 7.30. The van der Waals surface area contributed by atoms with Crippen LogP contribution in [0.15, 0.2) is 69.9 Å². The highest BCUT2D eigenvalue weighted by Gasteiger charge is 2.16. The maximum atomic E-state index is 12.0. The third kappa shape index (κ3) is 3.61. The predicted molar refractivity (Wildman–Crippen MR) is 93.2 cm³/mol. The van der Waals surface area contributed by atoms with Gasteiger partial charge in [-0.2, -0.15) is 0 Å². The summed E-state index contributed by atoms with van der Waals surface area (Å²) in [5.74, 6) is -0.513. The molecular formula is C18H12N2O5. The fourth-order valence-corrected chi connectivity index (χ4v) is 2.27. The van der Waals surface area contributed by atoms with Crippen LogP contribution in [0, 0.1) is 10.1 Å². The molecule has 0 spiro atoms. The van der Waals surface area contributed by atoms with Crippen LogP contribution in [-0.2, 0) is 4.79 Å². The van der Waals surface area contributed by atoms with E-state index in [-0.39, 0.29) is 17.0 Å². The molecule has 2 aromatic carbocycles. The molecule has 0 saturated carbocycles. The van der Waals surface area contributed by atoms with Gasteiger partial charge in [-0.1, -0.05) is 42.5 Å². The Kier molecular flexibility index (Phi) is 4.38. The minimum absolute atomic E-state index is 0.0873. The van der Waals surface area contributed by atoms with Gasteiger partial charge in [0.25, 0.3) is 0 Å². The average molecular weight is 336 g/mol. The number of non-ortho nitro benzene ring substituents is 1. The van der Waals surface area contributed by atoms with Gasteiger partial charge in [0, 0.05) is 17.5 Å². The molecule has 1 heterocycles. The minimum atomic E-state index is -0.858. The van der Waals surface area contributed by atoms with Crippen molar-refractivity contribution in [2.24, 2.45) is 0 Å². The van der Waals surface area contributed by atoms with Gasteiger partial charge in [0.05, 0.1) is 4.92 Å². The molecule has 1 N–H and O–H groups in total. The van der Waals surface area contributed by atoms with Gasteiger partial charge in [0.15, 0.2) is 0 Å². The molecule has 0 atom stereocenters. The monoisotopic (exact) mass is 336 g/mol. The lowest BCUT2D eigenvalue weighted by atomic mass is 10.2. The van der Waals surface area contributed by atoms with Crippen LogP contribution < -0.4 is 10.9 Å². The maximum absolute atomic E-state index is 12.0. The molecule has 7 heteroatoms. The number of carbonyl (C=O) groups is 1. The van der Waals surface area contributed by atoms with Crippen molar-refractivity contribution in [2.75, 3.05) is 5.32 Å². The summed E-state index contributed by atoms with van der Waals surface area (Å²) in [7, 11) is 0. The maximum Gasteiger partial charge on any atom is 0.360 e. The third-order valence-electron chi connectivity index (χ3n) is 3.42. The van der Waals surface area contributed by atoms with Crippen molar-refractivity contribution in [3.8, 4) is 0 Å². The van der Waals surface area contributed by atoms with Crippen molar-refractivity contribution >= 4 is 34.3 Å². The normalized spacial score (nSPS) is 10.9. The van der Waals surface area contributed by atoms with Gasteiger partial charge in [-0.15, -0.1) is 0 Å². The second-order valence-electron chi connectivity index (χ2n) is 5.13. The Hall–Kier alpha value is -3.74. The summed E-state index contributed by atoms with van der Waals surface area (Å²) in [6, 6.07) is 14.8. The summed E-state index contributed by atoms with van der Waals surface area (Å²) in [6.07, 6.45) is 2.88. The molecular weight excluding hydrogens is 324 g/mol. The van der Waals surface area contributed by atoms with Crippen LogP contribution in [0.5, 0.6) is 0 Å². The fraction of sp³-hybridized carbons (Fsp3) is 0. The van der Waals surface area contributed by atoms with E-state index < -0.39 is 16.5 Å². The quantitative estimate of drug-likeness (QED) is 0.341. The number of anilines is 1. The van der Waals surface area contributed by atoms with Crippen molar-refractivity contribution < 1.29 is 14.1 Å². The van der Waals surface area contributed by atoms with Crippen molar-refractivity contribution in [2.45, 2.75) is 0 Å². The zero-order chi connectivity index (χ0) is 17.8. The smallest absolute Gasteiger partial charge is 0.360 e. The van der Waals surface area contributed by atoms with E-state index in [1.54, 1.807) is 12.1 Å². The lowest BCUT2D eigenvalue weighted by Crippen LogP contribution is -2.15. The second kappa shape index (κ2) is 6.79. The first kappa shape index (κ1) is 16.1. The zero-order valence-electron chi connectivity index (χ0n) is 12.8. The predicted octanol–water partition coefficient (Wildman–Crippen LogP) is 3.35. The number of amides is 1. The molecule has 0 unspecified atom stereocenters. The van der Waals surface area contributed by atoms with E-state index >= 15 is 0 Å². The van der Waals surface area contributed by atoms with Crippen molar-refractivity contribution in [1.29, 1.82) is 0 Å². The van der Waals surface area contributed by atoms with E-state index in [1.807, 2.05) is 30.3 Å². The molecule has 25 heavy (non-hydrogen) atoms. The lowest BCUT2D eigenvalue weighted by Gasteiger charge is -2.03. The SMILES string of the molecule is O=C(C=Cc1ccccc1)Nc1cc2cccc([N+](=O)[O-])c2oc1=O. The summed E-state index contributed by atoms with van der Waals surface area (Å²) >= 11 is 0. The number of fused-ring (bicyclic) bond motifs is 1. The van der Waals surface area contributed by atoms with Crippen molar-refractivity contribution in [1.82, 2.24) is 0 Å². The Morgan fingerprint density at radius 2 is 1.88 bits per heavy atom. The van der Waals surface area contributed by atoms with E-state index in [0.717, 1.165) is 5.56 Å². The Bertz CT molecular complexity index is 1040. The Balaban J connectivity index is 1.88. The zero-order valence-corrected chi connectivity index (χ0v) is 12.8. The molecule has 3 rings (SSSR count). The van der Waals surface area contributed by atoms with Gasteiger partial charge < -0.3 is 9.73 Å². The molecule has 0 bridgehead atoms. The lowest BCUT2D eigenvalue weighted by molar-refractivity contribution is -0.383. The summed E-state index contributed by atoms with van der Waals surface area (Å²) in [5.41, 5.74) is -0.551. The molecule has 0 aliphatic heterocycles. The first-order valence-electron chi connectivity index (χ1n) is 7.30. The summed E-state index contributed by atoms with van der Waals surface area (Å²) in [5, 5.41) is 13.7. The van der Waals surface area contributed by atoms with E-state index in [1.165, 1.54) is 24.3 Å². The number of nitro benzene ring substituents is 1. The average Bonchev–Trinajstić information content (AvgIpc) is 2.61. The number of nitro groups is 1. The van der Waals surface area contributed by atoms with Gasteiger partial charge in [-0.25, -0.2) is 4.79 Å². The van der Waals surface area contributed by atoms with Gasteiger partial charge in [0.2, 0.25) is 11.5 Å². The van der Waals surface area contributed by atoms with Crippen LogP contribution in [0.2, 0.25) is 0 Å². The standard InChI is InChI=1S/C18H12N2O5/c21-16(10-9-12-5-2-1-3-6-12)19-14-11-13-7-4-8-15(20(23)24)17(13)25-18(14)22/h1-11H,(H,19,21). The summed E-state index contributed by atoms with van der Waals surface area (Å²) < 4.78 is 5.01. The van der Waals surface area contributed by atoms with Crippen LogP contribution in [0.3, 0.4) is 0 Å². The molecule has 0 radical (unpaired) electrons. The van der Waals surface area contributed by atoms with Crippen molar-refractivity contribution in [3.63, 3.8) is 0 Å². The van der Waals surface area contributed by atoms with Crippen LogP contribution in [-0.4, -0.2) is 10.8 Å². The molecule has 1 amide bonds. The number of hydrogen-bond donors (Lipinski definition) is 1. The number of rotatable bonds is 4. The van der Waals surface area contributed by atoms with Crippen molar-refractivity contribution in [3.05, 3.63) is 86.8 Å². The number of nitrogens with one attached hydrogen (secondary N) is 1. The van der Waals surface area contributed by atoms with E-state index in [4.69, 9.17) is 4.42 Å².